The van der Waals surface area contributed by atoms with Gasteiger partial charge in [0.05, 0.1) is 6.42 Å². The lowest BCUT2D eigenvalue weighted by Crippen LogP contribution is -2.21. The van der Waals surface area contributed by atoms with Crippen LogP contribution in [0.4, 0.5) is 5.69 Å². The molecule has 1 atom stereocenters. The highest BCUT2D eigenvalue weighted by Gasteiger charge is 2.12. The van der Waals surface area contributed by atoms with E-state index >= 15 is 0 Å². The van der Waals surface area contributed by atoms with Crippen molar-refractivity contribution in [3.63, 3.8) is 0 Å². The molecule has 0 aliphatic carbocycles. The molecule has 5 heteroatoms. The van der Waals surface area contributed by atoms with E-state index in [1.165, 1.54) is 5.56 Å². The maximum absolute atomic E-state index is 11.9. The van der Waals surface area contributed by atoms with Crippen LogP contribution in [-0.4, -0.2) is 24.3 Å². The van der Waals surface area contributed by atoms with Crippen molar-refractivity contribution in [1.82, 2.24) is 0 Å². The van der Waals surface area contributed by atoms with Gasteiger partial charge in [-0.3, -0.25) is 14.4 Å². The Kier molecular flexibility index (Phi) is 7.74. The minimum Gasteiger partial charge on any atom is -0.456 e. The zero-order valence-corrected chi connectivity index (χ0v) is 15.7. The number of hydrogen-bond donors (Lipinski definition) is 1. The van der Waals surface area contributed by atoms with Gasteiger partial charge in [-0.05, 0) is 30.0 Å². The first-order valence-electron chi connectivity index (χ1n) is 9.13. The molecule has 0 saturated carbocycles. The quantitative estimate of drug-likeness (QED) is 0.528. The topological polar surface area (TPSA) is 72.5 Å². The van der Waals surface area contributed by atoms with Crippen LogP contribution in [0.5, 0.6) is 0 Å². The molecule has 0 radical (unpaired) electrons. The second-order valence-electron chi connectivity index (χ2n) is 6.43. The van der Waals surface area contributed by atoms with E-state index in [0.717, 1.165) is 6.42 Å². The third kappa shape index (κ3) is 6.70. The molecule has 0 heterocycles. The Bertz CT molecular complexity index is 769. The number of carbonyl (C=O) groups is 3. The molecule has 0 bridgehead atoms. The zero-order valence-electron chi connectivity index (χ0n) is 15.7. The third-order valence-corrected chi connectivity index (χ3v) is 4.39. The van der Waals surface area contributed by atoms with Gasteiger partial charge in [-0.25, -0.2) is 0 Å². The zero-order chi connectivity index (χ0) is 19.6. The summed E-state index contributed by atoms with van der Waals surface area (Å²) in [5.74, 6) is -0.636. The van der Waals surface area contributed by atoms with Gasteiger partial charge in [-0.1, -0.05) is 56.3 Å². The molecular weight excluding hydrogens is 342 g/mol. The summed E-state index contributed by atoms with van der Waals surface area (Å²) >= 11 is 0. The number of benzene rings is 2. The van der Waals surface area contributed by atoms with Crippen LogP contribution in [-0.2, 0) is 14.3 Å². The number of Topliss-reactive ketones (excluding diaryl/α,β-unsaturated/α-hetero) is 1. The maximum atomic E-state index is 11.9. The normalized spacial score (nSPS) is 11.5. The lowest BCUT2D eigenvalue weighted by atomic mass is 9.99. The van der Waals surface area contributed by atoms with Crippen molar-refractivity contribution in [3.05, 3.63) is 65.7 Å². The monoisotopic (exact) mass is 367 g/mol. The molecule has 1 amide bonds. The summed E-state index contributed by atoms with van der Waals surface area (Å²) in [6, 6.07) is 16.4. The number of nitrogens with one attached hydrogen (secondary N) is 1. The standard InChI is InChI=1S/C22H25NO4/c1-3-16(2)17-9-11-19(12-10-17)23-21(25)15-27-22(26)14-13-20(24)18-7-5-4-6-8-18/h4-12,16H,3,13-15H2,1-2H3,(H,23,25)/t16-/m0/s1. The number of hydrogen-bond acceptors (Lipinski definition) is 4. The van der Waals surface area contributed by atoms with Crippen LogP contribution < -0.4 is 5.32 Å². The van der Waals surface area contributed by atoms with Crippen molar-refractivity contribution in [2.45, 2.75) is 39.0 Å². The summed E-state index contributed by atoms with van der Waals surface area (Å²) in [5.41, 5.74) is 2.43. The van der Waals surface area contributed by atoms with Gasteiger partial charge in [0.25, 0.3) is 5.91 Å². The molecule has 0 aliphatic rings. The van der Waals surface area contributed by atoms with E-state index in [0.29, 0.717) is 17.2 Å². The highest BCUT2D eigenvalue weighted by Crippen LogP contribution is 2.20. The average molecular weight is 367 g/mol. The Labute approximate surface area is 159 Å². The molecule has 0 spiro atoms. The van der Waals surface area contributed by atoms with E-state index in [-0.39, 0.29) is 25.2 Å². The Morgan fingerprint density at radius 2 is 1.63 bits per heavy atom. The minimum absolute atomic E-state index is 0.0510. The summed E-state index contributed by atoms with van der Waals surface area (Å²) < 4.78 is 4.94. The smallest absolute Gasteiger partial charge is 0.306 e. The molecule has 0 aliphatic heterocycles. The Hall–Kier alpha value is -2.95. The van der Waals surface area contributed by atoms with Gasteiger partial charge < -0.3 is 10.1 Å². The van der Waals surface area contributed by atoms with Crippen LogP contribution in [0.3, 0.4) is 0 Å². The fraction of sp³-hybridized carbons (Fsp3) is 0.318. The van der Waals surface area contributed by atoms with E-state index in [1.807, 2.05) is 30.3 Å². The van der Waals surface area contributed by atoms with Crippen molar-refractivity contribution in [1.29, 1.82) is 0 Å². The summed E-state index contributed by atoms with van der Waals surface area (Å²) in [6.07, 6.45) is 1.06. The van der Waals surface area contributed by atoms with E-state index in [2.05, 4.69) is 19.2 Å². The summed E-state index contributed by atoms with van der Waals surface area (Å²) in [6.45, 7) is 3.91. The van der Waals surface area contributed by atoms with Crippen LogP contribution in [0.25, 0.3) is 0 Å². The van der Waals surface area contributed by atoms with Crippen molar-refractivity contribution in [2.24, 2.45) is 0 Å². The summed E-state index contributed by atoms with van der Waals surface area (Å²) in [4.78, 5) is 35.6. The second kappa shape index (κ2) is 10.3. The molecule has 142 valence electrons. The van der Waals surface area contributed by atoms with Gasteiger partial charge in [0.15, 0.2) is 12.4 Å². The Morgan fingerprint density at radius 3 is 2.26 bits per heavy atom. The highest BCUT2D eigenvalue weighted by molar-refractivity contribution is 5.97. The number of amides is 1. The minimum atomic E-state index is -0.568. The highest BCUT2D eigenvalue weighted by atomic mass is 16.5. The van der Waals surface area contributed by atoms with Crippen LogP contribution in [0.1, 0.15) is 54.9 Å². The van der Waals surface area contributed by atoms with Crippen LogP contribution in [0.15, 0.2) is 54.6 Å². The number of ketones is 1. The van der Waals surface area contributed by atoms with Crippen molar-refractivity contribution >= 4 is 23.3 Å². The van der Waals surface area contributed by atoms with Gasteiger partial charge in [-0.2, -0.15) is 0 Å². The lowest BCUT2D eigenvalue weighted by Gasteiger charge is -2.10. The molecular formula is C22H25NO4. The van der Waals surface area contributed by atoms with Gasteiger partial charge >= 0.3 is 5.97 Å². The van der Waals surface area contributed by atoms with Gasteiger partial charge in [0.1, 0.15) is 0 Å². The third-order valence-electron chi connectivity index (χ3n) is 4.39. The molecule has 0 saturated heterocycles. The molecule has 2 rings (SSSR count). The fourth-order valence-electron chi connectivity index (χ4n) is 2.53. The summed E-state index contributed by atoms with van der Waals surface area (Å²) in [5, 5.41) is 2.69. The predicted molar refractivity (Wildman–Crippen MR) is 105 cm³/mol. The van der Waals surface area contributed by atoms with Crippen molar-refractivity contribution in [2.75, 3.05) is 11.9 Å². The number of carbonyl (C=O) groups excluding carboxylic acids is 3. The van der Waals surface area contributed by atoms with Crippen LogP contribution >= 0.6 is 0 Å². The van der Waals surface area contributed by atoms with Crippen LogP contribution in [0.2, 0.25) is 0 Å². The number of anilines is 1. The van der Waals surface area contributed by atoms with Crippen molar-refractivity contribution in [3.8, 4) is 0 Å². The molecule has 1 N–H and O–H groups in total. The number of ether oxygens (including phenoxy) is 1. The van der Waals surface area contributed by atoms with Crippen molar-refractivity contribution < 1.29 is 19.1 Å². The first kappa shape index (κ1) is 20.4. The SMILES string of the molecule is CC[C@H](C)c1ccc(NC(=O)COC(=O)CCC(=O)c2ccccc2)cc1. The van der Waals surface area contributed by atoms with E-state index in [4.69, 9.17) is 4.74 Å². The maximum Gasteiger partial charge on any atom is 0.306 e. The van der Waals surface area contributed by atoms with Gasteiger partial charge in [0.2, 0.25) is 0 Å². The molecule has 27 heavy (non-hydrogen) atoms. The largest absolute Gasteiger partial charge is 0.456 e. The van der Waals surface area contributed by atoms with Gasteiger partial charge in [-0.15, -0.1) is 0 Å². The van der Waals surface area contributed by atoms with E-state index in [9.17, 15) is 14.4 Å². The fourth-order valence-corrected chi connectivity index (χ4v) is 2.53. The Balaban J connectivity index is 1.71. The molecule has 0 aromatic heterocycles. The number of rotatable bonds is 9. The first-order chi connectivity index (χ1) is 13.0. The number of esters is 1. The second-order valence-corrected chi connectivity index (χ2v) is 6.43. The summed E-state index contributed by atoms with van der Waals surface area (Å²) in [7, 11) is 0. The average Bonchev–Trinajstić information content (AvgIpc) is 2.71. The predicted octanol–water partition coefficient (Wildman–Crippen LogP) is 4.34. The van der Waals surface area contributed by atoms with E-state index in [1.54, 1.807) is 24.3 Å². The Morgan fingerprint density at radius 1 is 0.963 bits per heavy atom. The molecule has 0 fully saturated rings. The molecule has 5 nitrogen and oxygen atoms in total. The first-order valence-corrected chi connectivity index (χ1v) is 9.13. The molecule has 2 aromatic carbocycles. The van der Waals surface area contributed by atoms with E-state index < -0.39 is 11.9 Å². The van der Waals surface area contributed by atoms with Gasteiger partial charge in [0, 0.05) is 17.7 Å². The molecule has 0 unspecified atom stereocenters. The molecule has 2 aromatic rings. The van der Waals surface area contributed by atoms with Crippen LogP contribution in [0, 0.1) is 0 Å². The lowest BCUT2D eigenvalue weighted by molar-refractivity contribution is -0.147.